The van der Waals surface area contributed by atoms with E-state index in [0.717, 1.165) is 13.0 Å². The molecule has 0 aliphatic heterocycles. The van der Waals surface area contributed by atoms with Crippen LogP contribution in [-0.2, 0) is 4.74 Å². The second-order valence-corrected chi connectivity index (χ2v) is 5.30. The van der Waals surface area contributed by atoms with Gasteiger partial charge in [-0.1, -0.05) is 39.9 Å². The van der Waals surface area contributed by atoms with Crippen molar-refractivity contribution in [2.75, 3.05) is 6.54 Å². The van der Waals surface area contributed by atoms with Gasteiger partial charge in [0.1, 0.15) is 5.60 Å². The van der Waals surface area contributed by atoms with Crippen molar-refractivity contribution in [3.8, 4) is 0 Å². The zero-order chi connectivity index (χ0) is 14.6. The average molecular weight is 255 g/mol. The van der Waals surface area contributed by atoms with E-state index >= 15 is 0 Å². The summed E-state index contributed by atoms with van der Waals surface area (Å²) in [4.78, 5) is 11.4. The van der Waals surface area contributed by atoms with Crippen molar-refractivity contribution in [2.24, 2.45) is 5.92 Å². The van der Waals surface area contributed by atoms with Crippen LogP contribution in [0.4, 0.5) is 4.79 Å². The van der Waals surface area contributed by atoms with Crippen LogP contribution in [0.2, 0.25) is 6.82 Å². The molecule has 18 heavy (non-hydrogen) atoms. The predicted molar refractivity (Wildman–Crippen MR) is 79.2 cm³/mol. The highest BCUT2D eigenvalue weighted by molar-refractivity contribution is 6.05. The summed E-state index contributed by atoms with van der Waals surface area (Å²) in [6.07, 6.45) is 4.43. The fraction of sp³-hybridized carbons (Fsp3) is 0.929. The fourth-order valence-electron chi connectivity index (χ4n) is 1.49. The summed E-state index contributed by atoms with van der Waals surface area (Å²) in [5, 5.41) is 2.84. The number of hydrogen-bond donors (Lipinski definition) is 1. The minimum Gasteiger partial charge on any atom is -0.444 e. The van der Waals surface area contributed by atoms with Crippen LogP contribution in [0.15, 0.2) is 0 Å². The molecule has 106 valence electrons. The topological polar surface area (TPSA) is 38.3 Å². The van der Waals surface area contributed by atoms with E-state index in [1.165, 1.54) is 26.1 Å². The van der Waals surface area contributed by atoms with E-state index < -0.39 is 5.60 Å². The zero-order valence-electron chi connectivity index (χ0n) is 13.0. The number of rotatable bonds is 6. The standard InChI is InChI=1S/C13H27NO2.CH3B/c1-6-8-9-11(7-2)10-14-12(15)16-13(3,4)5;1-2/h11H,6-10H2,1-5H3,(H,14,15);1H3. The third kappa shape index (κ3) is 13.4. The van der Waals surface area contributed by atoms with Gasteiger partial charge in [0.2, 0.25) is 0 Å². The Hall–Kier alpha value is -0.665. The molecular weight excluding hydrogens is 225 g/mol. The molecule has 2 radical (unpaired) electrons. The van der Waals surface area contributed by atoms with E-state index in [1.807, 2.05) is 20.8 Å². The SMILES string of the molecule is CCCCC(CC)CNC(=O)OC(C)(C)C.[B]C. The average Bonchev–Trinajstić information content (AvgIpc) is 2.30. The zero-order valence-corrected chi connectivity index (χ0v) is 13.0. The highest BCUT2D eigenvalue weighted by Gasteiger charge is 2.16. The fourth-order valence-corrected chi connectivity index (χ4v) is 1.49. The van der Waals surface area contributed by atoms with Gasteiger partial charge in [-0.2, -0.15) is 0 Å². The second-order valence-electron chi connectivity index (χ2n) is 5.30. The first-order chi connectivity index (χ1) is 8.39. The van der Waals surface area contributed by atoms with E-state index in [9.17, 15) is 4.79 Å². The lowest BCUT2D eigenvalue weighted by atomic mass is 9.99. The van der Waals surface area contributed by atoms with Crippen molar-refractivity contribution in [1.29, 1.82) is 0 Å². The molecule has 1 N–H and O–H groups in total. The van der Waals surface area contributed by atoms with Gasteiger partial charge in [-0.3, -0.25) is 0 Å². The number of carbonyl (C=O) groups is 1. The van der Waals surface area contributed by atoms with Crippen LogP contribution in [0.3, 0.4) is 0 Å². The molecule has 0 fully saturated rings. The van der Waals surface area contributed by atoms with Crippen LogP contribution in [0.5, 0.6) is 0 Å². The number of carbonyl (C=O) groups excluding carboxylic acids is 1. The maximum Gasteiger partial charge on any atom is 0.407 e. The minimum absolute atomic E-state index is 0.303. The molecule has 0 heterocycles. The Balaban J connectivity index is 0. The molecule has 1 amide bonds. The lowest BCUT2D eigenvalue weighted by Crippen LogP contribution is -2.35. The van der Waals surface area contributed by atoms with Crippen LogP contribution in [0.25, 0.3) is 0 Å². The number of nitrogens with one attached hydrogen (secondary N) is 1. The van der Waals surface area contributed by atoms with Crippen molar-refractivity contribution in [2.45, 2.75) is 72.7 Å². The molecule has 4 heteroatoms. The lowest BCUT2D eigenvalue weighted by Gasteiger charge is -2.21. The third-order valence-corrected chi connectivity index (χ3v) is 2.48. The Morgan fingerprint density at radius 3 is 2.22 bits per heavy atom. The van der Waals surface area contributed by atoms with Crippen molar-refractivity contribution in [1.82, 2.24) is 5.32 Å². The quantitative estimate of drug-likeness (QED) is 0.730. The molecular formula is C14H30BNO2. The molecule has 0 aliphatic carbocycles. The van der Waals surface area contributed by atoms with E-state index in [4.69, 9.17) is 4.74 Å². The van der Waals surface area contributed by atoms with Crippen LogP contribution in [0.1, 0.15) is 60.3 Å². The van der Waals surface area contributed by atoms with Gasteiger partial charge in [0.05, 0.1) is 7.85 Å². The molecule has 0 spiro atoms. The number of hydrogen-bond acceptors (Lipinski definition) is 2. The first-order valence-electron chi connectivity index (χ1n) is 6.93. The van der Waals surface area contributed by atoms with Crippen LogP contribution >= 0.6 is 0 Å². The van der Waals surface area contributed by atoms with Crippen LogP contribution in [0, 0.1) is 5.92 Å². The molecule has 0 aromatic rings. The molecule has 0 saturated heterocycles. The first-order valence-corrected chi connectivity index (χ1v) is 6.93. The van der Waals surface area contributed by atoms with Gasteiger partial charge in [-0.15, -0.1) is 0 Å². The first kappa shape index (κ1) is 19.7. The highest BCUT2D eigenvalue weighted by atomic mass is 16.6. The maximum atomic E-state index is 11.4. The van der Waals surface area contributed by atoms with Crippen LogP contribution in [-0.4, -0.2) is 26.1 Å². The minimum atomic E-state index is -0.408. The Kier molecular flexibility index (Phi) is 12.5. The number of ether oxygens (including phenoxy) is 1. The van der Waals surface area contributed by atoms with Crippen molar-refractivity contribution in [3.63, 3.8) is 0 Å². The molecule has 0 saturated carbocycles. The second kappa shape index (κ2) is 11.4. The van der Waals surface area contributed by atoms with E-state index in [1.54, 1.807) is 0 Å². The Labute approximate surface area is 114 Å². The van der Waals surface area contributed by atoms with Gasteiger partial charge in [0.25, 0.3) is 0 Å². The van der Waals surface area contributed by atoms with Gasteiger partial charge < -0.3 is 10.1 Å². The summed E-state index contributed by atoms with van der Waals surface area (Å²) in [7, 11) is 4.50. The third-order valence-electron chi connectivity index (χ3n) is 2.48. The summed E-state index contributed by atoms with van der Waals surface area (Å²) in [5.74, 6) is 0.576. The molecule has 0 aliphatic rings. The van der Waals surface area contributed by atoms with Crippen molar-refractivity contribution >= 4 is 13.9 Å². The molecule has 0 aromatic carbocycles. The Morgan fingerprint density at radius 2 is 1.83 bits per heavy atom. The predicted octanol–water partition coefficient (Wildman–Crippen LogP) is 3.93. The number of amides is 1. The molecule has 1 unspecified atom stereocenters. The molecule has 0 bridgehead atoms. The lowest BCUT2D eigenvalue weighted by molar-refractivity contribution is 0.0518. The van der Waals surface area contributed by atoms with Gasteiger partial charge in [0.15, 0.2) is 0 Å². The monoisotopic (exact) mass is 255 g/mol. The smallest absolute Gasteiger partial charge is 0.407 e. The maximum absolute atomic E-state index is 11.4. The van der Waals surface area contributed by atoms with Gasteiger partial charge in [-0.25, -0.2) is 4.79 Å². The van der Waals surface area contributed by atoms with E-state index in [0.29, 0.717) is 5.92 Å². The molecule has 3 nitrogen and oxygen atoms in total. The number of unbranched alkanes of at least 4 members (excludes halogenated alkanes) is 1. The normalized spacial score (nSPS) is 12.1. The summed E-state index contributed by atoms with van der Waals surface area (Å²) >= 11 is 0. The van der Waals surface area contributed by atoms with Gasteiger partial charge in [-0.05, 0) is 33.1 Å². The summed E-state index contributed by atoms with van der Waals surface area (Å²) in [6.45, 7) is 12.2. The summed E-state index contributed by atoms with van der Waals surface area (Å²) in [5.41, 5.74) is -0.408. The van der Waals surface area contributed by atoms with Gasteiger partial charge >= 0.3 is 6.09 Å². The molecule has 1 atom stereocenters. The van der Waals surface area contributed by atoms with Crippen LogP contribution < -0.4 is 5.32 Å². The summed E-state index contributed by atoms with van der Waals surface area (Å²) < 4.78 is 5.19. The van der Waals surface area contributed by atoms with Gasteiger partial charge in [0, 0.05) is 6.54 Å². The largest absolute Gasteiger partial charge is 0.444 e. The van der Waals surface area contributed by atoms with Crippen molar-refractivity contribution in [3.05, 3.63) is 0 Å². The molecule has 0 aromatic heterocycles. The van der Waals surface area contributed by atoms with Crippen molar-refractivity contribution < 1.29 is 9.53 Å². The van der Waals surface area contributed by atoms with E-state index in [-0.39, 0.29) is 6.09 Å². The Bertz CT molecular complexity index is 202. The Morgan fingerprint density at radius 1 is 1.28 bits per heavy atom. The molecule has 0 rings (SSSR count). The highest BCUT2D eigenvalue weighted by Crippen LogP contribution is 2.12. The summed E-state index contributed by atoms with van der Waals surface area (Å²) in [6, 6.07) is 0. The number of alkyl carbamates (subject to hydrolysis) is 1. The van der Waals surface area contributed by atoms with E-state index in [2.05, 4.69) is 27.0 Å².